The van der Waals surface area contributed by atoms with Crippen molar-refractivity contribution in [2.24, 2.45) is 5.92 Å². The van der Waals surface area contributed by atoms with Crippen molar-refractivity contribution in [2.45, 2.75) is 39.2 Å². The first-order chi connectivity index (χ1) is 9.37. The molecule has 2 heterocycles. The molecule has 0 aliphatic carbocycles. The first-order valence-electron chi connectivity index (χ1n) is 7.10. The van der Waals surface area contributed by atoms with Crippen LogP contribution in [0.4, 0.5) is 5.82 Å². The fourth-order valence-corrected chi connectivity index (χ4v) is 2.94. The molecule has 112 valence electrons. The first kappa shape index (κ1) is 15.5. The van der Waals surface area contributed by atoms with Gasteiger partial charge in [0.2, 0.25) is 0 Å². The summed E-state index contributed by atoms with van der Waals surface area (Å²) in [5.41, 5.74) is 0.0234. The third kappa shape index (κ3) is 4.06. The van der Waals surface area contributed by atoms with Crippen LogP contribution in [0.25, 0.3) is 0 Å². The molecule has 1 atom stereocenters. The molecular weight excluding hydrogens is 320 g/mol. The number of anilines is 1. The van der Waals surface area contributed by atoms with E-state index in [-0.39, 0.29) is 11.1 Å². The quantitative estimate of drug-likeness (QED) is 0.883. The molecular formula is C14H23BrN4O. The summed E-state index contributed by atoms with van der Waals surface area (Å²) < 4.78 is 0.532. The van der Waals surface area contributed by atoms with E-state index in [0.29, 0.717) is 10.4 Å². The molecule has 20 heavy (non-hydrogen) atoms. The largest absolute Gasteiger partial charge is 0.355 e. The summed E-state index contributed by atoms with van der Waals surface area (Å²) in [4.78, 5) is 20.7. The molecule has 1 fully saturated rings. The summed E-state index contributed by atoms with van der Waals surface area (Å²) in [6.07, 6.45) is 3.83. The highest BCUT2D eigenvalue weighted by Gasteiger charge is 2.24. The summed E-state index contributed by atoms with van der Waals surface area (Å²) in [5.74, 6) is 1.35. The zero-order valence-corrected chi connectivity index (χ0v) is 14.0. The number of halogens is 1. The number of rotatable bonds is 3. The standard InChI is InChI=1S/C14H23BrN4O/c1-14(2,3)18-7-10-5-4-6-19(8-10)12-11(15)13(20)17-9-16-12/h9-10,18H,4-8H2,1-3H3,(H,16,17,20). The van der Waals surface area contributed by atoms with Crippen molar-refractivity contribution in [2.75, 3.05) is 24.5 Å². The number of hydrogen-bond donors (Lipinski definition) is 2. The summed E-state index contributed by atoms with van der Waals surface area (Å²) in [5, 5.41) is 3.56. The predicted molar refractivity (Wildman–Crippen MR) is 85.3 cm³/mol. The maximum Gasteiger partial charge on any atom is 0.267 e. The second-order valence-electron chi connectivity index (χ2n) is 6.45. The van der Waals surface area contributed by atoms with Crippen LogP contribution in [0.15, 0.2) is 15.6 Å². The third-order valence-electron chi connectivity index (χ3n) is 3.52. The summed E-state index contributed by atoms with van der Waals surface area (Å²) >= 11 is 3.34. The Morgan fingerprint density at radius 3 is 3.00 bits per heavy atom. The van der Waals surface area contributed by atoms with E-state index in [1.54, 1.807) is 0 Å². The van der Waals surface area contributed by atoms with Crippen LogP contribution in [-0.2, 0) is 0 Å². The molecule has 0 saturated carbocycles. The van der Waals surface area contributed by atoms with Crippen LogP contribution in [0.3, 0.4) is 0 Å². The van der Waals surface area contributed by atoms with E-state index in [1.165, 1.54) is 12.7 Å². The number of nitrogens with one attached hydrogen (secondary N) is 2. The Labute approximate surface area is 128 Å². The van der Waals surface area contributed by atoms with Crippen LogP contribution in [0, 0.1) is 5.92 Å². The van der Waals surface area contributed by atoms with Gasteiger partial charge in [0.1, 0.15) is 10.3 Å². The van der Waals surface area contributed by atoms with Crippen LogP contribution in [-0.4, -0.2) is 35.1 Å². The lowest BCUT2D eigenvalue weighted by Gasteiger charge is -2.35. The van der Waals surface area contributed by atoms with E-state index < -0.39 is 0 Å². The Bertz CT molecular complexity index is 509. The third-order valence-corrected chi connectivity index (χ3v) is 4.23. The highest BCUT2D eigenvalue weighted by atomic mass is 79.9. The van der Waals surface area contributed by atoms with Gasteiger partial charge in [-0.3, -0.25) is 4.79 Å². The van der Waals surface area contributed by atoms with E-state index >= 15 is 0 Å². The lowest BCUT2D eigenvalue weighted by Crippen LogP contribution is -2.45. The van der Waals surface area contributed by atoms with Gasteiger partial charge in [-0.25, -0.2) is 4.98 Å². The topological polar surface area (TPSA) is 61.0 Å². The average molecular weight is 343 g/mol. The zero-order chi connectivity index (χ0) is 14.8. The molecule has 1 aliphatic heterocycles. The van der Waals surface area contributed by atoms with Crippen molar-refractivity contribution >= 4 is 21.7 Å². The van der Waals surface area contributed by atoms with Crippen LogP contribution >= 0.6 is 15.9 Å². The summed E-state index contributed by atoms with van der Waals surface area (Å²) in [7, 11) is 0. The smallest absolute Gasteiger partial charge is 0.267 e. The van der Waals surface area contributed by atoms with Crippen molar-refractivity contribution < 1.29 is 0 Å². The molecule has 2 N–H and O–H groups in total. The summed E-state index contributed by atoms with van der Waals surface area (Å²) in [6, 6.07) is 0. The molecule has 2 rings (SSSR count). The van der Waals surface area contributed by atoms with Crippen molar-refractivity contribution in [1.29, 1.82) is 0 Å². The van der Waals surface area contributed by atoms with Crippen molar-refractivity contribution in [3.63, 3.8) is 0 Å². The molecule has 0 bridgehead atoms. The van der Waals surface area contributed by atoms with Gasteiger partial charge in [-0.1, -0.05) is 0 Å². The zero-order valence-electron chi connectivity index (χ0n) is 12.4. The number of aromatic amines is 1. The molecule has 0 aromatic carbocycles. The average Bonchev–Trinajstić information content (AvgIpc) is 2.39. The highest BCUT2D eigenvalue weighted by molar-refractivity contribution is 9.10. The highest BCUT2D eigenvalue weighted by Crippen LogP contribution is 2.25. The van der Waals surface area contributed by atoms with Gasteiger partial charge < -0.3 is 15.2 Å². The second-order valence-corrected chi connectivity index (χ2v) is 7.25. The maximum absolute atomic E-state index is 11.6. The van der Waals surface area contributed by atoms with Gasteiger partial charge in [0.25, 0.3) is 5.56 Å². The number of piperidine rings is 1. The normalized spacial score (nSPS) is 20.2. The fourth-order valence-electron chi connectivity index (χ4n) is 2.47. The Balaban J connectivity index is 2.03. The van der Waals surface area contributed by atoms with Crippen LogP contribution in [0.5, 0.6) is 0 Å². The number of H-pyrrole nitrogens is 1. The lowest BCUT2D eigenvalue weighted by molar-refractivity contribution is 0.334. The molecule has 1 aromatic heterocycles. The van der Waals surface area contributed by atoms with Gasteiger partial charge in [-0.2, -0.15) is 0 Å². The lowest BCUT2D eigenvalue weighted by atomic mass is 9.96. The number of aromatic nitrogens is 2. The van der Waals surface area contributed by atoms with Gasteiger partial charge >= 0.3 is 0 Å². The second kappa shape index (κ2) is 6.26. The molecule has 6 heteroatoms. The molecule has 5 nitrogen and oxygen atoms in total. The number of hydrogen-bond acceptors (Lipinski definition) is 4. The van der Waals surface area contributed by atoms with Crippen molar-refractivity contribution in [1.82, 2.24) is 15.3 Å². The van der Waals surface area contributed by atoms with Gasteiger partial charge in [0.15, 0.2) is 0 Å². The fraction of sp³-hybridized carbons (Fsp3) is 0.714. The molecule has 0 spiro atoms. The van der Waals surface area contributed by atoms with Crippen LogP contribution < -0.4 is 15.8 Å². The van der Waals surface area contributed by atoms with Gasteiger partial charge in [-0.05, 0) is 55.5 Å². The van der Waals surface area contributed by atoms with Gasteiger partial charge in [-0.15, -0.1) is 0 Å². The van der Waals surface area contributed by atoms with E-state index in [9.17, 15) is 4.79 Å². The molecule has 0 amide bonds. The van der Waals surface area contributed by atoms with Gasteiger partial charge in [0.05, 0.1) is 6.33 Å². The molecule has 1 saturated heterocycles. The van der Waals surface area contributed by atoms with Crippen molar-refractivity contribution in [3.8, 4) is 0 Å². The van der Waals surface area contributed by atoms with E-state index in [4.69, 9.17) is 0 Å². The van der Waals surface area contributed by atoms with Crippen LogP contribution in [0.2, 0.25) is 0 Å². The van der Waals surface area contributed by atoms with E-state index in [2.05, 4.69) is 56.9 Å². The number of nitrogens with zero attached hydrogens (tertiary/aromatic N) is 2. The monoisotopic (exact) mass is 342 g/mol. The van der Waals surface area contributed by atoms with Gasteiger partial charge in [0, 0.05) is 25.2 Å². The molecule has 0 radical (unpaired) electrons. The SMILES string of the molecule is CC(C)(C)NCC1CCCN(c2nc[nH]c(=O)c2Br)C1. The minimum atomic E-state index is -0.120. The minimum Gasteiger partial charge on any atom is -0.355 e. The van der Waals surface area contributed by atoms with E-state index in [0.717, 1.165) is 31.9 Å². The van der Waals surface area contributed by atoms with Crippen molar-refractivity contribution in [3.05, 3.63) is 21.2 Å². The van der Waals surface area contributed by atoms with E-state index in [1.807, 2.05) is 0 Å². The maximum atomic E-state index is 11.6. The molecule has 1 aromatic rings. The molecule has 1 aliphatic rings. The Morgan fingerprint density at radius 1 is 1.55 bits per heavy atom. The minimum absolute atomic E-state index is 0.120. The summed E-state index contributed by atoms with van der Waals surface area (Å²) in [6.45, 7) is 9.45. The molecule has 1 unspecified atom stereocenters. The predicted octanol–water partition coefficient (Wildman–Crippen LogP) is 2.14. The Hall–Kier alpha value is -0.880. The first-order valence-corrected chi connectivity index (χ1v) is 7.89. The van der Waals surface area contributed by atoms with Crippen LogP contribution in [0.1, 0.15) is 33.6 Å². The Morgan fingerprint density at radius 2 is 2.30 bits per heavy atom. The Kier molecular flexibility index (Phi) is 4.86.